The molecule has 18 heavy (non-hydrogen) atoms. The van der Waals surface area contributed by atoms with Gasteiger partial charge in [0.25, 0.3) is 0 Å². The summed E-state index contributed by atoms with van der Waals surface area (Å²) in [5.41, 5.74) is 3.38. The SMILES string of the molecule is CCc1ccccc1-c1nc(CNC2CC2)co1. The lowest BCUT2D eigenvalue weighted by atomic mass is 10.1. The van der Waals surface area contributed by atoms with Crippen molar-refractivity contribution >= 4 is 0 Å². The molecule has 0 bridgehead atoms. The molecule has 3 nitrogen and oxygen atoms in total. The van der Waals surface area contributed by atoms with Gasteiger partial charge in [-0.1, -0.05) is 25.1 Å². The van der Waals surface area contributed by atoms with Crippen LogP contribution in [0, 0.1) is 0 Å². The van der Waals surface area contributed by atoms with E-state index in [4.69, 9.17) is 4.42 Å². The van der Waals surface area contributed by atoms with Gasteiger partial charge < -0.3 is 9.73 Å². The van der Waals surface area contributed by atoms with E-state index in [2.05, 4.69) is 35.4 Å². The van der Waals surface area contributed by atoms with Crippen LogP contribution in [0.2, 0.25) is 0 Å². The molecule has 1 saturated carbocycles. The van der Waals surface area contributed by atoms with Crippen molar-refractivity contribution in [2.75, 3.05) is 0 Å². The Morgan fingerprint density at radius 1 is 1.33 bits per heavy atom. The Labute approximate surface area is 107 Å². The number of nitrogens with one attached hydrogen (secondary N) is 1. The average molecular weight is 242 g/mol. The molecule has 1 heterocycles. The maximum Gasteiger partial charge on any atom is 0.226 e. The summed E-state index contributed by atoms with van der Waals surface area (Å²) in [5.74, 6) is 0.736. The number of benzene rings is 1. The highest BCUT2D eigenvalue weighted by atomic mass is 16.3. The highest BCUT2D eigenvalue weighted by molar-refractivity contribution is 5.58. The topological polar surface area (TPSA) is 38.1 Å². The van der Waals surface area contributed by atoms with Gasteiger partial charge in [0.15, 0.2) is 0 Å². The summed E-state index contributed by atoms with van der Waals surface area (Å²) in [6.45, 7) is 2.96. The smallest absolute Gasteiger partial charge is 0.226 e. The molecule has 94 valence electrons. The standard InChI is InChI=1S/C15H18N2O/c1-2-11-5-3-4-6-14(11)15-17-13(10-18-15)9-16-12-7-8-12/h3-6,10,12,16H,2,7-9H2,1H3. The molecule has 0 aliphatic heterocycles. The fourth-order valence-corrected chi connectivity index (χ4v) is 2.09. The number of hydrogen-bond acceptors (Lipinski definition) is 3. The average Bonchev–Trinajstić information content (AvgIpc) is 3.13. The molecular formula is C15H18N2O. The molecule has 0 amide bonds. The van der Waals surface area contributed by atoms with E-state index in [-0.39, 0.29) is 0 Å². The van der Waals surface area contributed by atoms with E-state index in [9.17, 15) is 0 Å². The van der Waals surface area contributed by atoms with Crippen LogP contribution in [0.25, 0.3) is 11.5 Å². The molecule has 3 rings (SSSR count). The third kappa shape index (κ3) is 2.46. The summed E-state index contributed by atoms with van der Waals surface area (Å²) in [6.07, 6.45) is 5.35. The molecule has 0 atom stereocenters. The fourth-order valence-electron chi connectivity index (χ4n) is 2.09. The van der Waals surface area contributed by atoms with Gasteiger partial charge in [-0.25, -0.2) is 4.98 Å². The van der Waals surface area contributed by atoms with Crippen LogP contribution < -0.4 is 5.32 Å². The van der Waals surface area contributed by atoms with Crippen molar-refractivity contribution in [2.24, 2.45) is 0 Å². The normalized spacial score (nSPS) is 14.9. The number of aromatic nitrogens is 1. The Bertz CT molecular complexity index is 529. The maximum absolute atomic E-state index is 5.59. The van der Waals surface area contributed by atoms with Crippen LogP contribution >= 0.6 is 0 Å². The lowest BCUT2D eigenvalue weighted by Gasteiger charge is -2.02. The minimum atomic E-state index is 0.702. The van der Waals surface area contributed by atoms with Crippen LogP contribution in [-0.4, -0.2) is 11.0 Å². The van der Waals surface area contributed by atoms with Crippen molar-refractivity contribution in [1.82, 2.24) is 10.3 Å². The van der Waals surface area contributed by atoms with Gasteiger partial charge in [0.2, 0.25) is 5.89 Å². The Morgan fingerprint density at radius 2 is 2.17 bits per heavy atom. The first-order valence-corrected chi connectivity index (χ1v) is 6.63. The molecule has 1 fully saturated rings. The lowest BCUT2D eigenvalue weighted by molar-refractivity contribution is 0.569. The predicted molar refractivity (Wildman–Crippen MR) is 71.2 cm³/mol. The van der Waals surface area contributed by atoms with Gasteiger partial charge in [0, 0.05) is 18.2 Å². The number of rotatable bonds is 5. The van der Waals surface area contributed by atoms with E-state index >= 15 is 0 Å². The van der Waals surface area contributed by atoms with Gasteiger partial charge in [-0.15, -0.1) is 0 Å². The highest BCUT2D eigenvalue weighted by Crippen LogP contribution is 2.24. The molecule has 1 aromatic carbocycles. The van der Waals surface area contributed by atoms with E-state index in [1.54, 1.807) is 6.26 Å². The molecule has 0 spiro atoms. The maximum atomic E-state index is 5.59. The molecule has 3 heteroatoms. The molecular weight excluding hydrogens is 224 g/mol. The van der Waals surface area contributed by atoms with Gasteiger partial charge in [0.05, 0.1) is 5.69 Å². The molecule has 1 aliphatic rings. The van der Waals surface area contributed by atoms with E-state index in [0.717, 1.165) is 30.1 Å². The first-order valence-electron chi connectivity index (χ1n) is 6.63. The van der Waals surface area contributed by atoms with Crippen molar-refractivity contribution in [3.05, 3.63) is 41.8 Å². The largest absolute Gasteiger partial charge is 0.444 e. The minimum Gasteiger partial charge on any atom is -0.444 e. The van der Waals surface area contributed by atoms with Crippen LogP contribution in [0.4, 0.5) is 0 Å². The highest BCUT2D eigenvalue weighted by Gasteiger charge is 2.20. The minimum absolute atomic E-state index is 0.702. The van der Waals surface area contributed by atoms with Gasteiger partial charge in [-0.05, 0) is 30.9 Å². The van der Waals surface area contributed by atoms with Gasteiger partial charge in [-0.2, -0.15) is 0 Å². The summed E-state index contributed by atoms with van der Waals surface area (Å²) in [6, 6.07) is 8.99. The number of hydrogen-bond donors (Lipinski definition) is 1. The van der Waals surface area contributed by atoms with E-state index in [1.165, 1.54) is 18.4 Å². The Hall–Kier alpha value is -1.61. The summed E-state index contributed by atoms with van der Waals surface area (Å²) in [7, 11) is 0. The Morgan fingerprint density at radius 3 is 2.94 bits per heavy atom. The van der Waals surface area contributed by atoms with Crippen LogP contribution in [0.15, 0.2) is 34.9 Å². The molecule has 0 radical (unpaired) electrons. The number of oxazole rings is 1. The molecule has 1 N–H and O–H groups in total. The summed E-state index contributed by atoms with van der Waals surface area (Å²) in [4.78, 5) is 4.56. The van der Waals surface area contributed by atoms with Gasteiger partial charge >= 0.3 is 0 Å². The molecule has 1 aromatic heterocycles. The van der Waals surface area contributed by atoms with Crippen molar-refractivity contribution in [3.8, 4) is 11.5 Å². The molecule has 0 saturated heterocycles. The number of aryl methyl sites for hydroxylation is 1. The second-order valence-electron chi connectivity index (χ2n) is 4.81. The first kappa shape index (κ1) is 11.5. The second-order valence-corrected chi connectivity index (χ2v) is 4.81. The molecule has 2 aromatic rings. The molecule has 1 aliphatic carbocycles. The van der Waals surface area contributed by atoms with Crippen LogP contribution in [0.1, 0.15) is 31.0 Å². The third-order valence-corrected chi connectivity index (χ3v) is 3.33. The van der Waals surface area contributed by atoms with Crippen molar-refractivity contribution in [2.45, 2.75) is 38.8 Å². The van der Waals surface area contributed by atoms with Crippen molar-refractivity contribution < 1.29 is 4.42 Å². The van der Waals surface area contributed by atoms with E-state index in [1.807, 2.05) is 6.07 Å². The monoisotopic (exact) mass is 242 g/mol. The van der Waals surface area contributed by atoms with E-state index in [0.29, 0.717) is 6.04 Å². The Balaban J connectivity index is 1.78. The zero-order chi connectivity index (χ0) is 12.4. The van der Waals surface area contributed by atoms with Gasteiger partial charge in [0.1, 0.15) is 6.26 Å². The second kappa shape index (κ2) is 4.94. The Kier molecular flexibility index (Phi) is 3.15. The van der Waals surface area contributed by atoms with Crippen LogP contribution in [-0.2, 0) is 13.0 Å². The van der Waals surface area contributed by atoms with E-state index < -0.39 is 0 Å². The summed E-state index contributed by atoms with van der Waals surface area (Å²) >= 11 is 0. The first-order chi connectivity index (χ1) is 8.86. The van der Waals surface area contributed by atoms with Crippen LogP contribution in [0.3, 0.4) is 0 Å². The summed E-state index contributed by atoms with van der Waals surface area (Å²) < 4.78 is 5.59. The third-order valence-electron chi connectivity index (χ3n) is 3.33. The fraction of sp³-hybridized carbons (Fsp3) is 0.400. The van der Waals surface area contributed by atoms with Crippen molar-refractivity contribution in [3.63, 3.8) is 0 Å². The van der Waals surface area contributed by atoms with Gasteiger partial charge in [-0.3, -0.25) is 0 Å². The zero-order valence-electron chi connectivity index (χ0n) is 10.6. The van der Waals surface area contributed by atoms with Crippen molar-refractivity contribution in [1.29, 1.82) is 0 Å². The number of nitrogens with zero attached hydrogens (tertiary/aromatic N) is 1. The predicted octanol–water partition coefficient (Wildman–Crippen LogP) is 3.16. The quantitative estimate of drug-likeness (QED) is 0.875. The summed E-state index contributed by atoms with van der Waals surface area (Å²) in [5, 5.41) is 3.44. The zero-order valence-corrected chi connectivity index (χ0v) is 10.6. The van der Waals surface area contributed by atoms with Crippen LogP contribution in [0.5, 0.6) is 0 Å². The molecule has 0 unspecified atom stereocenters. The lowest BCUT2D eigenvalue weighted by Crippen LogP contribution is -2.15.